The van der Waals surface area contributed by atoms with Crippen LogP contribution in [0.2, 0.25) is 0 Å². The molecule has 0 spiro atoms. The van der Waals surface area contributed by atoms with Crippen LogP contribution in [0.5, 0.6) is 0 Å². The summed E-state index contributed by atoms with van der Waals surface area (Å²) in [4.78, 5) is 15.7. The third kappa shape index (κ3) is 3.20. The van der Waals surface area contributed by atoms with Crippen molar-refractivity contribution in [3.8, 4) is 11.5 Å². The molecular formula is C15H10F2N4O2. The molecular weight excluding hydrogens is 306 g/mol. The predicted molar refractivity (Wildman–Crippen MR) is 75.1 cm³/mol. The number of pyridine rings is 1. The second kappa shape index (κ2) is 6.30. The van der Waals surface area contributed by atoms with E-state index in [1.165, 1.54) is 12.1 Å². The Kier molecular flexibility index (Phi) is 4.05. The Morgan fingerprint density at radius 2 is 1.91 bits per heavy atom. The molecule has 2 aromatic heterocycles. The Balaban J connectivity index is 1.68. The van der Waals surface area contributed by atoms with Gasteiger partial charge in [0.25, 0.3) is 5.91 Å². The van der Waals surface area contributed by atoms with Crippen LogP contribution >= 0.6 is 0 Å². The minimum Gasteiger partial charge on any atom is -0.419 e. The van der Waals surface area contributed by atoms with E-state index in [1.54, 1.807) is 24.5 Å². The first-order chi connectivity index (χ1) is 11.1. The van der Waals surface area contributed by atoms with Crippen molar-refractivity contribution in [2.45, 2.75) is 6.54 Å². The molecule has 0 aliphatic carbocycles. The summed E-state index contributed by atoms with van der Waals surface area (Å²) >= 11 is 0. The lowest BCUT2D eigenvalue weighted by molar-refractivity contribution is 0.0942. The van der Waals surface area contributed by atoms with Gasteiger partial charge in [-0.15, -0.1) is 10.2 Å². The van der Waals surface area contributed by atoms with Crippen LogP contribution in [-0.2, 0) is 6.54 Å². The van der Waals surface area contributed by atoms with E-state index in [-0.39, 0.29) is 23.9 Å². The normalized spacial score (nSPS) is 10.5. The van der Waals surface area contributed by atoms with Crippen LogP contribution in [0.1, 0.15) is 16.2 Å². The number of halogens is 2. The van der Waals surface area contributed by atoms with E-state index in [2.05, 4.69) is 20.5 Å². The fourth-order valence-corrected chi connectivity index (χ4v) is 1.87. The zero-order valence-electron chi connectivity index (χ0n) is 11.7. The van der Waals surface area contributed by atoms with Gasteiger partial charge < -0.3 is 9.73 Å². The molecule has 6 nitrogen and oxygen atoms in total. The van der Waals surface area contributed by atoms with Gasteiger partial charge >= 0.3 is 0 Å². The molecule has 3 rings (SSSR count). The Hall–Kier alpha value is -3.16. The van der Waals surface area contributed by atoms with Crippen molar-refractivity contribution in [2.75, 3.05) is 0 Å². The van der Waals surface area contributed by atoms with Crippen LogP contribution in [0.4, 0.5) is 8.78 Å². The number of rotatable bonds is 4. The van der Waals surface area contributed by atoms with Crippen LogP contribution in [0.3, 0.4) is 0 Å². The zero-order chi connectivity index (χ0) is 16.2. The molecule has 0 aliphatic rings. The van der Waals surface area contributed by atoms with Gasteiger partial charge in [0.15, 0.2) is 11.6 Å². The van der Waals surface area contributed by atoms with Gasteiger partial charge in [-0.1, -0.05) is 6.07 Å². The predicted octanol–water partition coefficient (Wildman–Crippen LogP) is 2.34. The number of carbonyl (C=O) groups excluding carboxylic acids is 1. The Morgan fingerprint density at radius 1 is 1.13 bits per heavy atom. The van der Waals surface area contributed by atoms with Crippen LogP contribution in [0, 0.1) is 11.6 Å². The molecule has 8 heteroatoms. The van der Waals surface area contributed by atoms with Gasteiger partial charge in [0, 0.05) is 18.0 Å². The number of aromatic nitrogens is 3. The summed E-state index contributed by atoms with van der Waals surface area (Å²) in [7, 11) is 0. The summed E-state index contributed by atoms with van der Waals surface area (Å²) in [5.74, 6) is -2.65. The molecule has 0 aliphatic heterocycles. The molecule has 0 saturated carbocycles. The summed E-state index contributed by atoms with van der Waals surface area (Å²) in [5.41, 5.74) is 0.292. The molecule has 0 atom stereocenters. The maximum atomic E-state index is 13.5. The van der Waals surface area contributed by atoms with Crippen molar-refractivity contribution in [1.82, 2.24) is 20.5 Å². The van der Waals surface area contributed by atoms with E-state index in [4.69, 9.17) is 4.42 Å². The molecule has 1 N–H and O–H groups in total. The first kappa shape index (κ1) is 14.8. The number of amides is 1. The van der Waals surface area contributed by atoms with E-state index in [1.807, 2.05) is 0 Å². The molecule has 0 radical (unpaired) electrons. The average molecular weight is 316 g/mol. The van der Waals surface area contributed by atoms with Gasteiger partial charge in [-0.2, -0.15) is 0 Å². The maximum absolute atomic E-state index is 13.5. The van der Waals surface area contributed by atoms with Crippen molar-refractivity contribution in [3.63, 3.8) is 0 Å². The summed E-state index contributed by atoms with van der Waals surface area (Å²) in [6, 6.07) is 6.76. The number of nitrogens with zero attached hydrogens (tertiary/aromatic N) is 3. The summed E-state index contributed by atoms with van der Waals surface area (Å²) in [6.07, 6.45) is 3.15. The van der Waals surface area contributed by atoms with Crippen LogP contribution in [0.15, 0.2) is 47.1 Å². The number of nitrogens with one attached hydrogen (secondary N) is 1. The van der Waals surface area contributed by atoms with Crippen molar-refractivity contribution < 1.29 is 18.0 Å². The smallest absolute Gasteiger partial charge is 0.254 e. The van der Waals surface area contributed by atoms with Gasteiger partial charge in [0.1, 0.15) is 0 Å². The van der Waals surface area contributed by atoms with Crippen molar-refractivity contribution in [2.24, 2.45) is 0 Å². The quantitative estimate of drug-likeness (QED) is 0.799. The molecule has 3 aromatic rings. The Bertz CT molecular complexity index is 837. The molecule has 0 fully saturated rings. The van der Waals surface area contributed by atoms with Gasteiger partial charge in [-0.25, -0.2) is 8.78 Å². The van der Waals surface area contributed by atoms with E-state index in [9.17, 15) is 13.6 Å². The maximum Gasteiger partial charge on any atom is 0.254 e. The Morgan fingerprint density at radius 3 is 2.70 bits per heavy atom. The number of hydrogen-bond donors (Lipinski definition) is 1. The Labute approximate surface area is 129 Å². The highest BCUT2D eigenvalue weighted by atomic mass is 19.2. The van der Waals surface area contributed by atoms with Crippen molar-refractivity contribution in [3.05, 3.63) is 65.8 Å². The highest BCUT2D eigenvalue weighted by molar-refractivity contribution is 5.94. The van der Waals surface area contributed by atoms with Gasteiger partial charge in [0.2, 0.25) is 11.8 Å². The summed E-state index contributed by atoms with van der Waals surface area (Å²) in [6.45, 7) is -0.104. The number of hydrogen-bond acceptors (Lipinski definition) is 5. The van der Waals surface area contributed by atoms with Crippen LogP contribution < -0.4 is 5.32 Å². The molecule has 116 valence electrons. The molecule has 0 bridgehead atoms. The van der Waals surface area contributed by atoms with Gasteiger partial charge in [-0.3, -0.25) is 9.78 Å². The topological polar surface area (TPSA) is 80.9 Å². The van der Waals surface area contributed by atoms with Crippen LogP contribution in [0.25, 0.3) is 11.5 Å². The summed E-state index contributed by atoms with van der Waals surface area (Å²) < 4.78 is 32.0. The monoisotopic (exact) mass is 316 g/mol. The highest BCUT2D eigenvalue weighted by Gasteiger charge is 2.16. The molecule has 0 unspecified atom stereocenters. The SMILES string of the molecule is O=C(NCc1nnc(-c2ccncc2)o1)c1cccc(F)c1F. The van der Waals surface area contributed by atoms with Gasteiger partial charge in [-0.05, 0) is 24.3 Å². The van der Waals surface area contributed by atoms with E-state index in [0.29, 0.717) is 5.56 Å². The lowest BCUT2D eigenvalue weighted by Gasteiger charge is -2.04. The second-order valence-electron chi connectivity index (χ2n) is 4.52. The number of carbonyl (C=O) groups is 1. The molecule has 1 amide bonds. The van der Waals surface area contributed by atoms with E-state index < -0.39 is 17.5 Å². The number of benzene rings is 1. The largest absolute Gasteiger partial charge is 0.419 e. The van der Waals surface area contributed by atoms with Gasteiger partial charge in [0.05, 0.1) is 12.1 Å². The lowest BCUT2D eigenvalue weighted by Crippen LogP contribution is -2.24. The zero-order valence-corrected chi connectivity index (χ0v) is 11.7. The van der Waals surface area contributed by atoms with E-state index >= 15 is 0 Å². The fraction of sp³-hybridized carbons (Fsp3) is 0.0667. The van der Waals surface area contributed by atoms with Crippen molar-refractivity contribution >= 4 is 5.91 Å². The average Bonchev–Trinajstić information content (AvgIpc) is 3.05. The minimum absolute atomic E-state index is 0.104. The minimum atomic E-state index is -1.20. The van der Waals surface area contributed by atoms with Crippen molar-refractivity contribution in [1.29, 1.82) is 0 Å². The summed E-state index contributed by atoms with van der Waals surface area (Å²) in [5, 5.41) is 10.0. The third-order valence-electron chi connectivity index (χ3n) is 2.99. The fourth-order valence-electron chi connectivity index (χ4n) is 1.87. The molecule has 23 heavy (non-hydrogen) atoms. The lowest BCUT2D eigenvalue weighted by atomic mass is 10.2. The van der Waals surface area contributed by atoms with E-state index in [0.717, 1.165) is 6.07 Å². The first-order valence-corrected chi connectivity index (χ1v) is 6.60. The molecule has 1 aromatic carbocycles. The molecule has 2 heterocycles. The molecule has 0 saturated heterocycles. The highest BCUT2D eigenvalue weighted by Crippen LogP contribution is 2.16. The first-order valence-electron chi connectivity index (χ1n) is 6.60. The third-order valence-corrected chi connectivity index (χ3v) is 2.99. The standard InChI is InChI=1S/C15H10F2N4O2/c16-11-3-1-2-10(13(11)17)14(22)19-8-12-20-21-15(23-12)9-4-6-18-7-5-9/h1-7H,8H2,(H,19,22). The van der Waals surface area contributed by atoms with Crippen LogP contribution in [-0.4, -0.2) is 21.1 Å². The second-order valence-corrected chi connectivity index (χ2v) is 4.52.